The molecule has 0 saturated carbocycles. The summed E-state index contributed by atoms with van der Waals surface area (Å²) < 4.78 is 27.5. The van der Waals surface area contributed by atoms with Gasteiger partial charge in [0.2, 0.25) is 10.0 Å². The number of halogens is 1. The monoisotopic (exact) mass is 470 g/mol. The number of rotatable bonds is 4. The van der Waals surface area contributed by atoms with Gasteiger partial charge in [-0.2, -0.15) is 4.31 Å². The Labute approximate surface area is 189 Å². The van der Waals surface area contributed by atoms with Crippen LogP contribution in [0.15, 0.2) is 57.6 Å². The van der Waals surface area contributed by atoms with E-state index in [2.05, 4.69) is 25.1 Å². The van der Waals surface area contributed by atoms with Gasteiger partial charge in [0.1, 0.15) is 5.82 Å². The first-order valence-corrected chi connectivity index (χ1v) is 12.0. The molecule has 2 aromatic carbocycles. The second kappa shape index (κ2) is 8.28. The number of nitrogens with zero attached hydrogens (tertiary/aromatic N) is 6. The summed E-state index contributed by atoms with van der Waals surface area (Å²) in [6.45, 7) is 2.51. The molecule has 5 rings (SSSR count). The van der Waals surface area contributed by atoms with E-state index in [1.54, 1.807) is 24.3 Å². The Morgan fingerprint density at radius 1 is 0.938 bits per heavy atom. The third-order valence-electron chi connectivity index (χ3n) is 5.58. The van der Waals surface area contributed by atoms with Gasteiger partial charge in [-0.1, -0.05) is 17.7 Å². The van der Waals surface area contributed by atoms with E-state index in [1.165, 1.54) is 16.4 Å². The van der Waals surface area contributed by atoms with E-state index in [4.69, 9.17) is 11.6 Å². The van der Waals surface area contributed by atoms with E-state index >= 15 is 0 Å². The van der Waals surface area contributed by atoms with Gasteiger partial charge >= 0.3 is 0 Å². The van der Waals surface area contributed by atoms with Gasteiger partial charge in [0, 0.05) is 24.7 Å². The topological polar surface area (TPSA) is 108 Å². The molecular weight excluding hydrogens is 452 g/mol. The van der Waals surface area contributed by atoms with E-state index in [0.717, 1.165) is 0 Å². The maximum Gasteiger partial charge on any atom is 0.296 e. The first kappa shape index (κ1) is 21.1. The Kier molecular flexibility index (Phi) is 5.46. The minimum Gasteiger partial charge on any atom is -0.295 e. The van der Waals surface area contributed by atoms with E-state index in [1.807, 2.05) is 6.07 Å². The van der Waals surface area contributed by atoms with Crippen molar-refractivity contribution in [2.45, 2.75) is 17.9 Å². The van der Waals surface area contributed by atoms with Crippen LogP contribution in [-0.4, -0.2) is 59.7 Å². The van der Waals surface area contributed by atoms with Crippen LogP contribution in [0.3, 0.4) is 0 Å². The predicted molar refractivity (Wildman–Crippen MR) is 118 cm³/mol. The zero-order chi connectivity index (χ0) is 22.3. The van der Waals surface area contributed by atoms with Crippen LogP contribution in [0.2, 0.25) is 5.02 Å². The molecule has 0 unspecified atom stereocenters. The van der Waals surface area contributed by atoms with Gasteiger partial charge in [0.15, 0.2) is 5.82 Å². The quantitative estimate of drug-likeness (QED) is 0.578. The largest absolute Gasteiger partial charge is 0.296 e. The number of sulfonamides is 1. The number of amides is 1. The van der Waals surface area contributed by atoms with Crippen molar-refractivity contribution in [1.29, 1.82) is 0 Å². The van der Waals surface area contributed by atoms with Crippen LogP contribution in [0.1, 0.15) is 22.6 Å². The van der Waals surface area contributed by atoms with Gasteiger partial charge in [-0.3, -0.25) is 9.69 Å². The van der Waals surface area contributed by atoms with E-state index < -0.39 is 15.9 Å². The molecular formula is C21H19ClN6O3S. The maximum absolute atomic E-state index is 13.0. The maximum atomic E-state index is 13.0. The second-order valence-corrected chi connectivity index (χ2v) is 10.0. The lowest BCUT2D eigenvalue weighted by atomic mass is 10.1. The van der Waals surface area contributed by atoms with E-state index in [-0.39, 0.29) is 4.90 Å². The normalized spacial score (nSPS) is 17.6. The van der Waals surface area contributed by atoms with Crippen LogP contribution < -0.4 is 0 Å². The fourth-order valence-electron chi connectivity index (χ4n) is 3.98. The van der Waals surface area contributed by atoms with Crippen molar-refractivity contribution in [2.24, 2.45) is 10.2 Å². The van der Waals surface area contributed by atoms with Crippen LogP contribution in [-0.2, 0) is 16.6 Å². The predicted octanol–water partition coefficient (Wildman–Crippen LogP) is 3.42. The van der Waals surface area contributed by atoms with Gasteiger partial charge in [-0.15, -0.1) is 10.2 Å². The molecule has 0 atom stereocenters. The fourth-order valence-corrected chi connectivity index (χ4v) is 5.58. The van der Waals surface area contributed by atoms with Crippen LogP contribution >= 0.6 is 11.6 Å². The number of hydrogen-bond donors (Lipinski definition) is 0. The number of aromatic nitrogens is 2. The molecule has 1 fully saturated rings. The standard InChI is InChI=1S/C21H19ClN6O3S/c22-14-5-7-15(8-6-14)32(30,31)28-10-2-9-27(11-12-28)13-18-23-17-4-1-3-16-19(17)20(24-18)25-26-21(16)29/h1,3-8H,2,9-13H2. The third kappa shape index (κ3) is 3.90. The van der Waals surface area contributed by atoms with Crippen LogP contribution in [0.25, 0.3) is 10.9 Å². The van der Waals surface area contributed by atoms with Crippen LogP contribution in [0.5, 0.6) is 0 Å². The Morgan fingerprint density at radius 2 is 1.75 bits per heavy atom. The molecule has 0 N–H and O–H groups in total. The molecule has 2 aliphatic heterocycles. The summed E-state index contributed by atoms with van der Waals surface area (Å²) in [5, 5.41) is 8.74. The molecule has 3 heterocycles. The van der Waals surface area contributed by atoms with Crippen molar-refractivity contribution in [3.63, 3.8) is 0 Å². The molecule has 32 heavy (non-hydrogen) atoms. The zero-order valence-corrected chi connectivity index (χ0v) is 18.6. The highest BCUT2D eigenvalue weighted by molar-refractivity contribution is 7.89. The highest BCUT2D eigenvalue weighted by Gasteiger charge is 2.27. The van der Waals surface area contributed by atoms with Crippen LogP contribution in [0, 0.1) is 0 Å². The van der Waals surface area contributed by atoms with E-state index in [9.17, 15) is 13.2 Å². The average molecular weight is 471 g/mol. The molecule has 9 nitrogen and oxygen atoms in total. The smallest absolute Gasteiger partial charge is 0.295 e. The average Bonchev–Trinajstić information content (AvgIpc) is 3.02. The highest BCUT2D eigenvalue weighted by Crippen LogP contribution is 2.31. The Hall–Kier alpha value is -2.79. The first-order chi connectivity index (χ1) is 15.4. The molecule has 2 aliphatic rings. The lowest BCUT2D eigenvalue weighted by Crippen LogP contribution is -2.35. The summed E-state index contributed by atoms with van der Waals surface area (Å²) in [5.41, 5.74) is 1.10. The minimum absolute atomic E-state index is 0.239. The molecule has 1 amide bonds. The summed E-state index contributed by atoms with van der Waals surface area (Å²) in [4.78, 5) is 23.4. The summed E-state index contributed by atoms with van der Waals surface area (Å²) in [5.74, 6) is 0.558. The number of benzene rings is 2. The van der Waals surface area contributed by atoms with Crippen molar-refractivity contribution in [1.82, 2.24) is 19.2 Å². The first-order valence-electron chi connectivity index (χ1n) is 10.2. The molecule has 11 heteroatoms. The van der Waals surface area contributed by atoms with Crippen molar-refractivity contribution < 1.29 is 13.2 Å². The molecule has 164 valence electrons. The Balaban J connectivity index is 1.34. The molecule has 0 aliphatic carbocycles. The molecule has 0 bridgehead atoms. The van der Waals surface area contributed by atoms with Gasteiger partial charge in [0.25, 0.3) is 5.91 Å². The van der Waals surface area contributed by atoms with Gasteiger partial charge in [-0.05, 0) is 49.4 Å². The lowest BCUT2D eigenvalue weighted by molar-refractivity contribution is 0.0995. The van der Waals surface area contributed by atoms with E-state index in [0.29, 0.717) is 72.3 Å². The number of hydrogen-bond acceptors (Lipinski definition) is 7. The lowest BCUT2D eigenvalue weighted by Gasteiger charge is -2.21. The van der Waals surface area contributed by atoms with Gasteiger partial charge in [0.05, 0.1) is 27.9 Å². The number of carbonyl (C=O) groups is 1. The molecule has 1 saturated heterocycles. The summed E-state index contributed by atoms with van der Waals surface area (Å²) in [6.07, 6.45) is 0.686. The highest BCUT2D eigenvalue weighted by atomic mass is 35.5. The zero-order valence-electron chi connectivity index (χ0n) is 17.0. The van der Waals surface area contributed by atoms with Crippen molar-refractivity contribution in [3.05, 3.63) is 58.9 Å². The minimum atomic E-state index is -3.58. The Bertz CT molecular complexity index is 1340. The van der Waals surface area contributed by atoms with Gasteiger partial charge < -0.3 is 0 Å². The van der Waals surface area contributed by atoms with Gasteiger partial charge in [-0.25, -0.2) is 18.4 Å². The summed E-state index contributed by atoms with van der Waals surface area (Å²) in [6, 6.07) is 11.5. The third-order valence-corrected chi connectivity index (χ3v) is 7.75. The Morgan fingerprint density at radius 3 is 2.56 bits per heavy atom. The molecule has 3 aromatic rings. The summed E-state index contributed by atoms with van der Waals surface area (Å²) >= 11 is 5.89. The molecule has 1 aromatic heterocycles. The molecule has 0 spiro atoms. The number of carbonyl (C=O) groups excluding carboxylic acids is 1. The van der Waals surface area contributed by atoms with Crippen molar-refractivity contribution in [3.8, 4) is 0 Å². The second-order valence-electron chi connectivity index (χ2n) is 7.66. The SMILES string of the molecule is O=C1N=Nc2nc(CN3CCCN(S(=O)(=O)c4ccc(Cl)cc4)CC3)nc3cccc1c23. The number of azo groups is 1. The van der Waals surface area contributed by atoms with Crippen LogP contribution in [0.4, 0.5) is 5.82 Å². The fraction of sp³-hybridized carbons (Fsp3) is 0.286. The molecule has 0 radical (unpaired) electrons. The summed E-state index contributed by atoms with van der Waals surface area (Å²) in [7, 11) is -3.58. The van der Waals surface area contributed by atoms with Crippen molar-refractivity contribution in [2.75, 3.05) is 26.2 Å². The van der Waals surface area contributed by atoms with Crippen molar-refractivity contribution >= 4 is 44.3 Å².